The van der Waals surface area contributed by atoms with E-state index in [4.69, 9.17) is 5.73 Å². The number of thiophene rings is 1. The van der Waals surface area contributed by atoms with Gasteiger partial charge in [-0.3, -0.25) is 0 Å². The summed E-state index contributed by atoms with van der Waals surface area (Å²) in [6, 6.07) is 20.3. The molecule has 0 unspecified atom stereocenters. The number of anilines is 2. The molecule has 5 heteroatoms. The molecular weight excluding hydrogens is 316 g/mol. The zero-order valence-corrected chi connectivity index (χ0v) is 13.6. The first-order chi connectivity index (χ1) is 11.8. The van der Waals surface area contributed by atoms with Crippen LogP contribution in [0.4, 0.5) is 10.8 Å². The minimum atomic E-state index is 0.460. The fraction of sp³-hybridized carbons (Fsp3) is 0.0526. The molecule has 0 atom stereocenters. The Bertz CT molecular complexity index is 1080. The number of rotatable bonds is 3. The normalized spacial score (nSPS) is 10.8. The summed E-state index contributed by atoms with van der Waals surface area (Å²) in [6.45, 7) is 0.662. The first-order valence-corrected chi connectivity index (χ1v) is 8.38. The van der Waals surface area contributed by atoms with Crippen molar-refractivity contribution in [1.29, 1.82) is 5.26 Å². The van der Waals surface area contributed by atoms with Gasteiger partial charge in [-0.2, -0.15) is 5.26 Å². The van der Waals surface area contributed by atoms with Gasteiger partial charge in [0.2, 0.25) is 0 Å². The summed E-state index contributed by atoms with van der Waals surface area (Å²) < 4.78 is 0.993. The first kappa shape index (κ1) is 14.5. The minimum Gasteiger partial charge on any atom is -0.383 e. The van der Waals surface area contributed by atoms with Gasteiger partial charge in [0.15, 0.2) is 0 Å². The second-order valence-corrected chi connectivity index (χ2v) is 6.50. The summed E-state index contributed by atoms with van der Waals surface area (Å²) in [5.74, 6) is 0.460. The van der Waals surface area contributed by atoms with Gasteiger partial charge in [0.1, 0.15) is 28.0 Å². The highest BCUT2D eigenvalue weighted by atomic mass is 32.1. The molecule has 0 radical (unpaired) electrons. The van der Waals surface area contributed by atoms with Crippen LogP contribution < -0.4 is 11.1 Å². The molecule has 0 saturated heterocycles. The Morgan fingerprint density at radius 3 is 2.50 bits per heavy atom. The van der Waals surface area contributed by atoms with Crippen molar-refractivity contribution in [2.75, 3.05) is 11.1 Å². The number of fused-ring (bicyclic) bond motifs is 3. The maximum Gasteiger partial charge on any atom is 0.132 e. The summed E-state index contributed by atoms with van der Waals surface area (Å²) >= 11 is 1.55. The Morgan fingerprint density at radius 2 is 1.75 bits per heavy atom. The summed E-state index contributed by atoms with van der Waals surface area (Å²) in [5, 5.41) is 15.8. The van der Waals surface area contributed by atoms with E-state index in [0.29, 0.717) is 23.4 Å². The van der Waals surface area contributed by atoms with Crippen LogP contribution in [0.1, 0.15) is 11.1 Å². The lowest BCUT2D eigenvalue weighted by molar-refractivity contribution is 1.16. The molecule has 0 spiro atoms. The predicted molar refractivity (Wildman–Crippen MR) is 100 cm³/mol. The number of hydrogen-bond acceptors (Lipinski definition) is 5. The fourth-order valence-electron chi connectivity index (χ4n) is 2.80. The van der Waals surface area contributed by atoms with Crippen LogP contribution in [0.15, 0.2) is 54.6 Å². The van der Waals surface area contributed by atoms with Crippen molar-refractivity contribution in [2.24, 2.45) is 0 Å². The van der Waals surface area contributed by atoms with E-state index in [0.717, 1.165) is 26.0 Å². The van der Waals surface area contributed by atoms with Gasteiger partial charge in [-0.05, 0) is 5.56 Å². The van der Waals surface area contributed by atoms with E-state index in [1.165, 1.54) is 0 Å². The van der Waals surface area contributed by atoms with Crippen molar-refractivity contribution in [3.8, 4) is 6.07 Å². The lowest BCUT2D eigenvalue weighted by atomic mass is 10.1. The number of hydrogen-bond donors (Lipinski definition) is 2. The lowest BCUT2D eigenvalue weighted by Gasteiger charge is -2.03. The van der Waals surface area contributed by atoms with E-state index in [-0.39, 0.29) is 0 Å². The molecule has 0 aliphatic heterocycles. The molecule has 2 heterocycles. The largest absolute Gasteiger partial charge is 0.383 e. The molecule has 0 aliphatic rings. The van der Waals surface area contributed by atoms with Gasteiger partial charge in [-0.25, -0.2) is 4.98 Å². The molecular formula is C19H14N4S. The van der Waals surface area contributed by atoms with Crippen LogP contribution in [0, 0.1) is 11.3 Å². The van der Waals surface area contributed by atoms with E-state index in [9.17, 15) is 5.26 Å². The number of nitrogens with one attached hydrogen (secondary N) is 1. The molecule has 2 aromatic carbocycles. The zero-order chi connectivity index (χ0) is 16.5. The highest BCUT2D eigenvalue weighted by molar-refractivity contribution is 7.24. The van der Waals surface area contributed by atoms with Crippen LogP contribution in [-0.4, -0.2) is 4.98 Å². The van der Waals surface area contributed by atoms with Crippen LogP contribution in [0.3, 0.4) is 0 Å². The molecule has 0 fully saturated rings. The van der Waals surface area contributed by atoms with Crippen LogP contribution in [-0.2, 0) is 6.54 Å². The molecule has 2 aromatic heterocycles. The topological polar surface area (TPSA) is 74.7 Å². The number of aromatic nitrogens is 1. The monoisotopic (exact) mass is 330 g/mol. The second-order valence-electron chi connectivity index (χ2n) is 5.48. The molecule has 0 saturated carbocycles. The van der Waals surface area contributed by atoms with E-state index in [1.807, 2.05) is 42.5 Å². The average molecular weight is 330 g/mol. The van der Waals surface area contributed by atoms with Crippen LogP contribution in [0.25, 0.3) is 21.0 Å². The van der Waals surface area contributed by atoms with Gasteiger partial charge in [0, 0.05) is 17.3 Å². The minimum absolute atomic E-state index is 0.460. The SMILES string of the molecule is N#Cc1c(NCc2ccccc2)sc2c1nc(N)c1ccccc12. The third-order valence-electron chi connectivity index (χ3n) is 3.97. The van der Waals surface area contributed by atoms with E-state index < -0.39 is 0 Å². The zero-order valence-electron chi connectivity index (χ0n) is 12.8. The molecule has 116 valence electrons. The molecule has 0 bridgehead atoms. The number of nitrogen functional groups attached to an aromatic ring is 1. The summed E-state index contributed by atoms with van der Waals surface area (Å²) in [4.78, 5) is 4.48. The van der Waals surface area contributed by atoms with Crippen molar-refractivity contribution in [3.63, 3.8) is 0 Å². The smallest absolute Gasteiger partial charge is 0.132 e. The summed E-state index contributed by atoms with van der Waals surface area (Å²) in [5.41, 5.74) is 8.48. The van der Waals surface area contributed by atoms with Gasteiger partial charge in [0.05, 0.1) is 4.70 Å². The van der Waals surface area contributed by atoms with Crippen molar-refractivity contribution >= 4 is 43.1 Å². The maximum absolute atomic E-state index is 9.60. The Kier molecular flexibility index (Phi) is 3.52. The molecule has 24 heavy (non-hydrogen) atoms. The Morgan fingerprint density at radius 1 is 1.04 bits per heavy atom. The second kappa shape index (κ2) is 5.84. The molecule has 4 rings (SSSR count). The van der Waals surface area contributed by atoms with E-state index in [2.05, 4.69) is 28.5 Å². The van der Waals surface area contributed by atoms with Crippen molar-refractivity contribution in [1.82, 2.24) is 4.98 Å². The van der Waals surface area contributed by atoms with Gasteiger partial charge < -0.3 is 11.1 Å². The fourth-order valence-corrected chi connectivity index (χ4v) is 3.93. The van der Waals surface area contributed by atoms with Crippen molar-refractivity contribution in [3.05, 3.63) is 65.7 Å². The summed E-state index contributed by atoms with van der Waals surface area (Å²) in [7, 11) is 0. The highest BCUT2D eigenvalue weighted by Gasteiger charge is 2.17. The van der Waals surface area contributed by atoms with E-state index in [1.54, 1.807) is 11.3 Å². The highest BCUT2D eigenvalue weighted by Crippen LogP contribution is 2.39. The molecule has 0 aliphatic carbocycles. The third-order valence-corrected chi connectivity index (χ3v) is 5.14. The van der Waals surface area contributed by atoms with Crippen LogP contribution in [0.2, 0.25) is 0 Å². The average Bonchev–Trinajstić information content (AvgIpc) is 2.98. The number of nitriles is 1. The third kappa shape index (κ3) is 2.34. The van der Waals surface area contributed by atoms with Gasteiger partial charge in [-0.1, -0.05) is 54.6 Å². The first-order valence-electron chi connectivity index (χ1n) is 7.56. The predicted octanol–water partition coefficient (Wildman–Crippen LogP) is 4.52. The van der Waals surface area contributed by atoms with Crippen LogP contribution in [0.5, 0.6) is 0 Å². The van der Waals surface area contributed by atoms with Crippen molar-refractivity contribution < 1.29 is 0 Å². The van der Waals surface area contributed by atoms with Gasteiger partial charge in [0.25, 0.3) is 0 Å². The number of pyridine rings is 1. The Hall–Kier alpha value is -3.10. The molecule has 3 N–H and O–H groups in total. The number of nitrogens with two attached hydrogens (primary N) is 1. The number of nitrogens with zero attached hydrogens (tertiary/aromatic N) is 2. The quantitative estimate of drug-likeness (QED) is 0.579. The lowest BCUT2D eigenvalue weighted by Crippen LogP contribution is -1.98. The summed E-state index contributed by atoms with van der Waals surface area (Å²) in [6.07, 6.45) is 0. The maximum atomic E-state index is 9.60. The Balaban J connectivity index is 1.84. The standard InChI is InChI=1S/C19H14N4S/c20-10-15-16-17(13-8-4-5-9-14(13)18(21)23-16)24-19(15)22-11-12-6-2-1-3-7-12/h1-9,22H,11H2,(H2,21,23). The van der Waals surface area contributed by atoms with Gasteiger partial charge >= 0.3 is 0 Å². The van der Waals surface area contributed by atoms with Gasteiger partial charge in [-0.15, -0.1) is 11.3 Å². The molecule has 0 amide bonds. The van der Waals surface area contributed by atoms with Crippen LogP contribution >= 0.6 is 11.3 Å². The molecule has 4 aromatic rings. The van der Waals surface area contributed by atoms with Crippen molar-refractivity contribution in [2.45, 2.75) is 6.54 Å². The Labute approximate surface area is 143 Å². The molecule has 4 nitrogen and oxygen atoms in total. The van der Waals surface area contributed by atoms with E-state index >= 15 is 0 Å². The number of benzene rings is 2.